The van der Waals surface area contributed by atoms with E-state index in [0.29, 0.717) is 5.89 Å². The average Bonchev–Trinajstić information content (AvgIpc) is 3.40. The second-order valence-electron chi connectivity index (χ2n) is 6.53. The van der Waals surface area contributed by atoms with E-state index in [4.69, 9.17) is 9.40 Å². The number of aryl methyl sites for hydroxylation is 2. The van der Waals surface area contributed by atoms with E-state index in [9.17, 15) is 0 Å². The predicted octanol–water partition coefficient (Wildman–Crippen LogP) is 5.68. The number of rotatable bonds is 7. The van der Waals surface area contributed by atoms with Gasteiger partial charge < -0.3 is 4.42 Å². The molecule has 0 aliphatic carbocycles. The molecule has 138 valence electrons. The molecule has 0 aliphatic heterocycles. The quantitative estimate of drug-likeness (QED) is 0.404. The van der Waals surface area contributed by atoms with Crippen molar-refractivity contribution in [3.05, 3.63) is 80.3 Å². The molecule has 0 fully saturated rings. The van der Waals surface area contributed by atoms with Crippen LogP contribution in [0.3, 0.4) is 0 Å². The number of aromatic nitrogens is 2. The third-order valence-electron chi connectivity index (χ3n) is 4.50. The molecule has 27 heavy (non-hydrogen) atoms. The van der Waals surface area contributed by atoms with E-state index in [1.807, 2.05) is 23.9 Å². The van der Waals surface area contributed by atoms with Crippen molar-refractivity contribution in [3.63, 3.8) is 0 Å². The summed E-state index contributed by atoms with van der Waals surface area (Å²) >= 11 is 3.36. The van der Waals surface area contributed by atoms with Crippen LogP contribution < -0.4 is 0 Å². The van der Waals surface area contributed by atoms with Gasteiger partial charge in [0.05, 0.1) is 16.9 Å². The molecule has 0 saturated heterocycles. The highest BCUT2D eigenvalue weighted by Gasteiger charge is 2.17. The number of nitrogens with zero attached hydrogens (tertiary/aromatic N) is 3. The number of benzene rings is 1. The lowest BCUT2D eigenvalue weighted by Crippen LogP contribution is -2.23. The summed E-state index contributed by atoms with van der Waals surface area (Å²) in [6.45, 7) is 6.52. The fourth-order valence-corrected chi connectivity index (χ4v) is 4.43. The van der Waals surface area contributed by atoms with Gasteiger partial charge in [-0.3, -0.25) is 4.90 Å². The first-order valence-corrected chi connectivity index (χ1v) is 10.7. The third kappa shape index (κ3) is 4.35. The second kappa shape index (κ2) is 8.17. The van der Waals surface area contributed by atoms with Gasteiger partial charge in [-0.2, -0.15) is 11.3 Å². The van der Waals surface area contributed by atoms with Gasteiger partial charge in [0.15, 0.2) is 0 Å². The van der Waals surface area contributed by atoms with Gasteiger partial charge in [0, 0.05) is 35.5 Å². The number of hydrogen-bond donors (Lipinski definition) is 0. The molecule has 6 heteroatoms. The molecular weight excluding hydrogens is 374 g/mol. The van der Waals surface area contributed by atoms with Gasteiger partial charge in [-0.05, 0) is 30.9 Å². The van der Waals surface area contributed by atoms with E-state index in [1.165, 1.54) is 10.4 Å². The molecule has 0 spiro atoms. The SMILES string of the molecule is Cc1ncsc1CN(Cc1ccccc1)Cc1nc(-c2ccsc2)oc1C. The molecule has 3 heterocycles. The molecule has 4 rings (SSSR count). The lowest BCUT2D eigenvalue weighted by molar-refractivity contribution is 0.245. The Morgan fingerprint density at radius 3 is 2.59 bits per heavy atom. The first-order chi connectivity index (χ1) is 13.2. The normalized spacial score (nSPS) is 11.4. The van der Waals surface area contributed by atoms with E-state index in [0.717, 1.165) is 42.3 Å². The van der Waals surface area contributed by atoms with Crippen molar-refractivity contribution in [3.8, 4) is 11.5 Å². The first-order valence-electron chi connectivity index (χ1n) is 8.83. The fraction of sp³-hybridized carbons (Fsp3) is 0.238. The largest absolute Gasteiger partial charge is 0.441 e. The van der Waals surface area contributed by atoms with Crippen LogP contribution in [0.2, 0.25) is 0 Å². The first kappa shape index (κ1) is 18.1. The van der Waals surface area contributed by atoms with E-state index in [1.54, 1.807) is 22.7 Å². The molecule has 0 radical (unpaired) electrons. The van der Waals surface area contributed by atoms with Crippen molar-refractivity contribution >= 4 is 22.7 Å². The van der Waals surface area contributed by atoms with Gasteiger partial charge in [0.2, 0.25) is 5.89 Å². The molecule has 4 aromatic rings. The van der Waals surface area contributed by atoms with Gasteiger partial charge in [0.25, 0.3) is 0 Å². The Morgan fingerprint density at radius 1 is 1.04 bits per heavy atom. The Morgan fingerprint density at radius 2 is 1.89 bits per heavy atom. The summed E-state index contributed by atoms with van der Waals surface area (Å²) in [5, 5.41) is 4.11. The zero-order valence-electron chi connectivity index (χ0n) is 15.4. The van der Waals surface area contributed by atoms with Crippen LogP contribution >= 0.6 is 22.7 Å². The molecule has 0 saturated carbocycles. The van der Waals surface area contributed by atoms with Crippen LogP contribution in [-0.4, -0.2) is 14.9 Å². The Hall–Kier alpha value is -2.28. The maximum atomic E-state index is 5.93. The topological polar surface area (TPSA) is 42.2 Å². The minimum Gasteiger partial charge on any atom is -0.441 e. The molecule has 0 N–H and O–H groups in total. The van der Waals surface area contributed by atoms with Gasteiger partial charge in [0.1, 0.15) is 5.76 Å². The Bertz CT molecular complexity index is 990. The summed E-state index contributed by atoms with van der Waals surface area (Å²) in [6, 6.07) is 12.6. The fourth-order valence-electron chi connectivity index (χ4n) is 2.99. The maximum Gasteiger partial charge on any atom is 0.227 e. The average molecular weight is 396 g/mol. The van der Waals surface area contributed by atoms with E-state index in [2.05, 4.69) is 52.5 Å². The van der Waals surface area contributed by atoms with Crippen molar-refractivity contribution < 1.29 is 4.42 Å². The number of thiophene rings is 1. The number of thiazole rings is 1. The Kier molecular flexibility index (Phi) is 5.48. The molecule has 0 unspecified atom stereocenters. The van der Waals surface area contributed by atoms with Gasteiger partial charge in [-0.1, -0.05) is 30.3 Å². The molecule has 1 aromatic carbocycles. The standard InChI is InChI=1S/C21H21N3OS2/c1-15-20(27-14-22-15)12-24(10-17-6-4-3-5-7-17)11-19-16(2)25-21(23-19)18-8-9-26-13-18/h3-9,13-14H,10-12H2,1-2H3. The van der Waals surface area contributed by atoms with Crippen molar-refractivity contribution in [2.75, 3.05) is 0 Å². The molecule has 3 aromatic heterocycles. The summed E-state index contributed by atoms with van der Waals surface area (Å²) in [7, 11) is 0. The van der Waals surface area contributed by atoms with Crippen LogP contribution in [0.5, 0.6) is 0 Å². The summed E-state index contributed by atoms with van der Waals surface area (Å²) in [5.41, 5.74) is 6.35. The smallest absolute Gasteiger partial charge is 0.227 e. The van der Waals surface area contributed by atoms with Gasteiger partial charge >= 0.3 is 0 Å². The summed E-state index contributed by atoms with van der Waals surface area (Å²) in [4.78, 5) is 12.9. The Labute approximate surface area is 167 Å². The highest BCUT2D eigenvalue weighted by Crippen LogP contribution is 2.26. The highest BCUT2D eigenvalue weighted by molar-refractivity contribution is 7.09. The van der Waals surface area contributed by atoms with Crippen LogP contribution in [0, 0.1) is 13.8 Å². The Balaban J connectivity index is 1.58. The van der Waals surface area contributed by atoms with Crippen LogP contribution in [-0.2, 0) is 19.6 Å². The third-order valence-corrected chi connectivity index (χ3v) is 6.10. The van der Waals surface area contributed by atoms with E-state index >= 15 is 0 Å². The molecular formula is C21H21N3OS2. The lowest BCUT2D eigenvalue weighted by atomic mass is 10.2. The monoisotopic (exact) mass is 395 g/mol. The summed E-state index contributed by atoms with van der Waals surface area (Å²) < 4.78 is 5.93. The molecule has 0 bridgehead atoms. The van der Waals surface area contributed by atoms with Gasteiger partial charge in [-0.25, -0.2) is 9.97 Å². The minimum absolute atomic E-state index is 0.706. The highest BCUT2D eigenvalue weighted by atomic mass is 32.1. The molecule has 4 nitrogen and oxygen atoms in total. The minimum atomic E-state index is 0.706. The summed E-state index contributed by atoms with van der Waals surface area (Å²) in [6.07, 6.45) is 0. The molecule has 0 aliphatic rings. The zero-order valence-corrected chi connectivity index (χ0v) is 17.0. The van der Waals surface area contributed by atoms with Crippen molar-refractivity contribution in [2.45, 2.75) is 33.5 Å². The van der Waals surface area contributed by atoms with Gasteiger partial charge in [-0.15, -0.1) is 11.3 Å². The van der Waals surface area contributed by atoms with Crippen LogP contribution in [0.15, 0.2) is 57.1 Å². The maximum absolute atomic E-state index is 5.93. The number of hydrogen-bond acceptors (Lipinski definition) is 6. The lowest BCUT2D eigenvalue weighted by Gasteiger charge is -2.21. The van der Waals surface area contributed by atoms with Crippen molar-refractivity contribution in [1.82, 2.24) is 14.9 Å². The molecule has 0 amide bonds. The molecule has 0 atom stereocenters. The van der Waals surface area contributed by atoms with Crippen LogP contribution in [0.25, 0.3) is 11.5 Å². The van der Waals surface area contributed by atoms with Crippen molar-refractivity contribution in [2.24, 2.45) is 0 Å². The zero-order chi connectivity index (χ0) is 18.6. The van der Waals surface area contributed by atoms with Crippen LogP contribution in [0.4, 0.5) is 0 Å². The van der Waals surface area contributed by atoms with E-state index < -0.39 is 0 Å². The predicted molar refractivity (Wildman–Crippen MR) is 111 cm³/mol. The number of oxazole rings is 1. The van der Waals surface area contributed by atoms with Crippen LogP contribution in [0.1, 0.15) is 27.6 Å². The summed E-state index contributed by atoms with van der Waals surface area (Å²) in [5.74, 6) is 1.59. The van der Waals surface area contributed by atoms with Crippen molar-refractivity contribution in [1.29, 1.82) is 0 Å². The second-order valence-corrected chi connectivity index (χ2v) is 8.24. The van der Waals surface area contributed by atoms with E-state index in [-0.39, 0.29) is 0 Å².